The molecule has 0 aliphatic heterocycles. The number of fused-ring (bicyclic) bond motifs is 13. The van der Waals surface area contributed by atoms with Crippen molar-refractivity contribution in [3.05, 3.63) is 96.1 Å². The van der Waals surface area contributed by atoms with E-state index in [1.165, 1.54) is 59.9 Å². The van der Waals surface area contributed by atoms with E-state index < -0.39 is 11.6 Å². The Kier molecular flexibility index (Phi) is 3.67. The molecule has 7 rings (SSSR count). The summed E-state index contributed by atoms with van der Waals surface area (Å²) in [6.07, 6.45) is 0. The van der Waals surface area contributed by atoms with Crippen molar-refractivity contribution in [1.29, 1.82) is 0 Å². The van der Waals surface area contributed by atoms with Crippen molar-refractivity contribution in [3.8, 4) is 0 Å². The minimum atomic E-state index is -0.396. The lowest BCUT2D eigenvalue weighted by atomic mass is 9.93. The predicted molar refractivity (Wildman–Crippen MR) is 129 cm³/mol. The molecule has 0 saturated heterocycles. The third-order valence-corrected chi connectivity index (χ3v) is 7.70. The van der Waals surface area contributed by atoms with Crippen molar-refractivity contribution in [1.82, 2.24) is 0 Å². The number of hydrogen-bond acceptors (Lipinski definition) is 1. The van der Waals surface area contributed by atoms with Crippen LogP contribution < -0.4 is 0 Å². The highest BCUT2D eigenvalue weighted by Gasteiger charge is 2.20. The van der Waals surface area contributed by atoms with E-state index in [0.717, 1.165) is 41.7 Å². The Hall–Kier alpha value is -3.70. The fourth-order valence-electron chi connectivity index (χ4n) is 5.12. The summed E-state index contributed by atoms with van der Waals surface area (Å²) in [4.78, 5) is 0. The maximum Gasteiger partial charge on any atom is 0.123 e. The van der Waals surface area contributed by atoms with Gasteiger partial charge in [-0.15, -0.1) is 11.3 Å². The van der Waals surface area contributed by atoms with E-state index >= 15 is 0 Å². The lowest BCUT2D eigenvalue weighted by Gasteiger charge is -2.10. The van der Waals surface area contributed by atoms with Crippen LogP contribution in [0.2, 0.25) is 0 Å². The van der Waals surface area contributed by atoms with E-state index in [4.69, 9.17) is 0 Å². The molecule has 5 heteroatoms. The second-order valence-corrected chi connectivity index (χ2v) is 9.29. The van der Waals surface area contributed by atoms with Gasteiger partial charge in [0.2, 0.25) is 0 Å². The molecule has 7 aromatic rings. The van der Waals surface area contributed by atoms with Gasteiger partial charge in [0.1, 0.15) is 23.3 Å². The summed E-state index contributed by atoms with van der Waals surface area (Å²) in [5.74, 6) is -1.55. The third-order valence-electron chi connectivity index (χ3n) is 6.44. The zero-order valence-electron chi connectivity index (χ0n) is 16.8. The molecule has 0 aliphatic rings. The first-order valence-corrected chi connectivity index (χ1v) is 11.2. The highest BCUT2D eigenvalue weighted by atomic mass is 32.1. The van der Waals surface area contributed by atoms with E-state index in [0.29, 0.717) is 21.5 Å². The first-order valence-electron chi connectivity index (χ1n) is 10.4. The zero-order chi connectivity index (χ0) is 22.4. The fourth-order valence-corrected chi connectivity index (χ4v) is 6.51. The van der Waals surface area contributed by atoms with Gasteiger partial charge in [-0.2, -0.15) is 0 Å². The van der Waals surface area contributed by atoms with Crippen LogP contribution in [0.4, 0.5) is 17.6 Å². The van der Waals surface area contributed by atoms with Crippen LogP contribution in [-0.2, 0) is 0 Å². The van der Waals surface area contributed by atoms with E-state index in [-0.39, 0.29) is 11.6 Å². The molecule has 0 radical (unpaired) electrons. The van der Waals surface area contributed by atoms with Gasteiger partial charge in [-0.3, -0.25) is 0 Å². The molecule has 0 N–H and O–H groups in total. The number of rotatable bonds is 0. The molecular formula is C28H12F4S. The van der Waals surface area contributed by atoms with Gasteiger partial charge in [0.15, 0.2) is 0 Å². The van der Waals surface area contributed by atoms with E-state index in [9.17, 15) is 17.6 Å². The molecule has 0 bridgehead atoms. The number of hydrogen-bond donors (Lipinski definition) is 0. The maximum absolute atomic E-state index is 14.5. The highest BCUT2D eigenvalue weighted by molar-refractivity contribution is 7.28. The summed E-state index contributed by atoms with van der Waals surface area (Å²) in [6, 6.07) is 18.2. The fraction of sp³-hybridized carbons (Fsp3) is 0. The van der Waals surface area contributed by atoms with Crippen LogP contribution in [0.1, 0.15) is 0 Å². The Morgan fingerprint density at radius 1 is 0.364 bits per heavy atom. The van der Waals surface area contributed by atoms with Crippen molar-refractivity contribution in [3.63, 3.8) is 0 Å². The molecular weight excluding hydrogens is 444 g/mol. The van der Waals surface area contributed by atoms with Gasteiger partial charge in [0.25, 0.3) is 0 Å². The number of benzene rings is 6. The largest absolute Gasteiger partial charge is 0.207 e. The summed E-state index contributed by atoms with van der Waals surface area (Å²) in [7, 11) is 0. The van der Waals surface area contributed by atoms with Crippen molar-refractivity contribution in [2.24, 2.45) is 0 Å². The molecule has 158 valence electrons. The molecule has 0 nitrogen and oxygen atoms in total. The third kappa shape index (κ3) is 2.51. The van der Waals surface area contributed by atoms with E-state index in [1.54, 1.807) is 24.3 Å². The molecule has 0 amide bonds. The first-order chi connectivity index (χ1) is 16.0. The first kappa shape index (κ1) is 18.8. The predicted octanol–water partition coefficient (Wildman–Crippen LogP) is 9.22. The minimum absolute atomic E-state index is 0.380. The average Bonchev–Trinajstić information content (AvgIpc) is 3.21. The number of thiophene rings is 1. The zero-order valence-corrected chi connectivity index (χ0v) is 17.7. The summed E-state index contributed by atoms with van der Waals surface area (Å²) in [5, 5.41) is 7.33. The maximum atomic E-state index is 14.5. The van der Waals surface area contributed by atoms with Gasteiger partial charge in [0, 0.05) is 30.9 Å². The van der Waals surface area contributed by atoms with Gasteiger partial charge < -0.3 is 0 Å². The molecule has 1 heterocycles. The Balaban J connectivity index is 1.92. The summed E-state index contributed by atoms with van der Waals surface area (Å²) in [6.45, 7) is 0. The van der Waals surface area contributed by atoms with Crippen LogP contribution in [-0.4, -0.2) is 0 Å². The van der Waals surface area contributed by atoms with Gasteiger partial charge in [-0.25, -0.2) is 17.6 Å². The molecule has 0 unspecified atom stereocenters. The second-order valence-electron chi connectivity index (χ2n) is 8.27. The van der Waals surface area contributed by atoms with E-state index in [1.807, 2.05) is 0 Å². The van der Waals surface area contributed by atoms with Crippen LogP contribution >= 0.6 is 11.3 Å². The van der Waals surface area contributed by atoms with Crippen LogP contribution in [0.15, 0.2) is 72.8 Å². The monoisotopic (exact) mass is 456 g/mol. The lowest BCUT2D eigenvalue weighted by Crippen LogP contribution is -1.86. The summed E-state index contributed by atoms with van der Waals surface area (Å²) < 4.78 is 59.1. The van der Waals surface area contributed by atoms with Crippen LogP contribution in [0.5, 0.6) is 0 Å². The molecule has 0 atom stereocenters. The van der Waals surface area contributed by atoms with Crippen LogP contribution in [0, 0.1) is 23.3 Å². The Morgan fingerprint density at radius 3 is 1.03 bits per heavy atom. The lowest BCUT2D eigenvalue weighted by molar-refractivity contribution is 0.629. The van der Waals surface area contributed by atoms with Crippen LogP contribution in [0.3, 0.4) is 0 Å². The summed E-state index contributed by atoms with van der Waals surface area (Å²) in [5.41, 5.74) is 0. The van der Waals surface area contributed by atoms with Crippen molar-refractivity contribution >= 4 is 74.6 Å². The average molecular weight is 456 g/mol. The summed E-state index contributed by atoms with van der Waals surface area (Å²) >= 11 is 1.40. The van der Waals surface area contributed by atoms with Gasteiger partial charge in [-0.05, 0) is 80.8 Å². The molecule has 0 fully saturated rings. The van der Waals surface area contributed by atoms with Gasteiger partial charge in [0.05, 0.1) is 0 Å². The standard InChI is InChI=1S/C28H12F4S/c29-13-1-5-17-19-7-3-15(31)11-23(19)27-25(21(17)9-13)26-22-10-14(30)2-6-18(22)20-8-4-16(32)12-24(20)28(26)33-27/h1-12H. The van der Waals surface area contributed by atoms with Crippen molar-refractivity contribution in [2.45, 2.75) is 0 Å². The molecule has 0 saturated carbocycles. The molecule has 0 spiro atoms. The Morgan fingerprint density at radius 2 is 0.667 bits per heavy atom. The topological polar surface area (TPSA) is 0 Å². The highest BCUT2D eigenvalue weighted by Crippen LogP contribution is 2.49. The van der Waals surface area contributed by atoms with Gasteiger partial charge in [-0.1, -0.05) is 24.3 Å². The molecule has 0 aliphatic carbocycles. The van der Waals surface area contributed by atoms with Gasteiger partial charge >= 0.3 is 0 Å². The van der Waals surface area contributed by atoms with Crippen molar-refractivity contribution < 1.29 is 17.6 Å². The normalized spacial score (nSPS) is 12.2. The molecule has 6 aromatic carbocycles. The minimum Gasteiger partial charge on any atom is -0.207 e. The smallest absolute Gasteiger partial charge is 0.123 e. The quantitative estimate of drug-likeness (QED) is 0.158. The Bertz CT molecular complexity index is 1830. The van der Waals surface area contributed by atoms with E-state index in [2.05, 4.69) is 0 Å². The van der Waals surface area contributed by atoms with Crippen molar-refractivity contribution in [2.75, 3.05) is 0 Å². The van der Waals surface area contributed by atoms with Crippen LogP contribution in [0.25, 0.3) is 63.3 Å². The molecule has 33 heavy (non-hydrogen) atoms. The number of halogens is 4. The molecule has 1 aromatic heterocycles. The Labute approximate surface area is 188 Å². The SMILES string of the molecule is Fc1ccc2c3ccc(F)cc3c3c(sc4c5cc(F)ccc5c5ccc(F)cc5c43)c2c1. The second kappa shape index (κ2) is 6.42.